The van der Waals surface area contributed by atoms with E-state index in [-0.39, 0.29) is 0 Å². The zero-order valence-electron chi connectivity index (χ0n) is 4.53. The summed E-state index contributed by atoms with van der Waals surface area (Å²) in [6.07, 6.45) is 0.980. The molecule has 0 saturated heterocycles. The molecule has 8 heavy (non-hydrogen) atoms. The molecule has 5 heteroatoms. The SMILES string of the molecule is CS(=O)(=O)C(N)CO. The predicted molar refractivity (Wildman–Crippen MR) is 29.9 cm³/mol. The van der Waals surface area contributed by atoms with Gasteiger partial charge in [0.15, 0.2) is 9.84 Å². The van der Waals surface area contributed by atoms with E-state index in [1.165, 1.54) is 0 Å². The number of rotatable bonds is 2. The van der Waals surface area contributed by atoms with Crippen molar-refractivity contribution >= 4 is 9.84 Å². The highest BCUT2D eigenvalue weighted by molar-refractivity contribution is 7.91. The molecule has 0 aliphatic heterocycles. The van der Waals surface area contributed by atoms with Gasteiger partial charge in [-0.15, -0.1) is 0 Å². The van der Waals surface area contributed by atoms with E-state index < -0.39 is 21.8 Å². The zero-order chi connectivity index (χ0) is 6.78. The van der Waals surface area contributed by atoms with Crippen LogP contribution in [0.5, 0.6) is 0 Å². The van der Waals surface area contributed by atoms with E-state index in [1.54, 1.807) is 0 Å². The molecule has 50 valence electrons. The lowest BCUT2D eigenvalue weighted by atomic mass is 10.7. The largest absolute Gasteiger partial charge is 0.394 e. The molecule has 1 unspecified atom stereocenters. The molecule has 0 rings (SSSR count). The van der Waals surface area contributed by atoms with Crippen LogP contribution in [0.25, 0.3) is 0 Å². The summed E-state index contributed by atoms with van der Waals surface area (Å²) in [5, 5.41) is 7.04. The van der Waals surface area contributed by atoms with Crippen molar-refractivity contribution in [3.05, 3.63) is 0 Å². The van der Waals surface area contributed by atoms with Crippen molar-refractivity contribution in [2.45, 2.75) is 5.37 Å². The van der Waals surface area contributed by atoms with Crippen LogP contribution >= 0.6 is 0 Å². The van der Waals surface area contributed by atoms with Crippen LogP contribution < -0.4 is 5.73 Å². The van der Waals surface area contributed by atoms with Gasteiger partial charge in [-0.1, -0.05) is 0 Å². The third-order valence-corrected chi connectivity index (χ3v) is 1.98. The summed E-state index contributed by atoms with van der Waals surface area (Å²) in [4.78, 5) is 0. The molecule has 1 atom stereocenters. The highest BCUT2D eigenvalue weighted by atomic mass is 32.2. The zero-order valence-corrected chi connectivity index (χ0v) is 5.35. The smallest absolute Gasteiger partial charge is 0.165 e. The van der Waals surface area contributed by atoms with Crippen molar-refractivity contribution in [3.63, 3.8) is 0 Å². The van der Waals surface area contributed by atoms with Gasteiger partial charge >= 0.3 is 0 Å². The summed E-state index contributed by atoms with van der Waals surface area (Å²) in [7, 11) is -3.23. The van der Waals surface area contributed by atoms with Crippen LogP contribution in [-0.2, 0) is 9.84 Å². The number of nitrogens with two attached hydrogens (primary N) is 1. The maximum atomic E-state index is 10.3. The Kier molecular flexibility index (Phi) is 2.39. The minimum absolute atomic E-state index is 0.515. The minimum atomic E-state index is -3.23. The van der Waals surface area contributed by atoms with Crippen molar-refractivity contribution in [3.8, 4) is 0 Å². The average Bonchev–Trinajstić information content (AvgIpc) is 1.62. The van der Waals surface area contributed by atoms with Crippen LogP contribution in [0.2, 0.25) is 0 Å². The van der Waals surface area contributed by atoms with Gasteiger partial charge in [0.25, 0.3) is 0 Å². The van der Waals surface area contributed by atoms with E-state index >= 15 is 0 Å². The molecule has 0 bridgehead atoms. The number of hydrogen-bond acceptors (Lipinski definition) is 4. The molecular formula is C3H9NO3S. The Hall–Kier alpha value is -0.130. The Morgan fingerprint density at radius 2 is 2.12 bits per heavy atom. The van der Waals surface area contributed by atoms with Crippen LogP contribution in [0.3, 0.4) is 0 Å². The molecule has 3 N–H and O–H groups in total. The van der Waals surface area contributed by atoms with Crippen molar-refractivity contribution in [1.29, 1.82) is 0 Å². The van der Waals surface area contributed by atoms with Crippen LogP contribution in [0.1, 0.15) is 0 Å². The lowest BCUT2D eigenvalue weighted by molar-refractivity contribution is 0.292. The molecule has 0 saturated carbocycles. The van der Waals surface area contributed by atoms with E-state index in [1.807, 2.05) is 0 Å². The van der Waals surface area contributed by atoms with E-state index in [4.69, 9.17) is 10.8 Å². The van der Waals surface area contributed by atoms with Gasteiger partial charge in [-0.3, -0.25) is 0 Å². The van der Waals surface area contributed by atoms with E-state index in [0.29, 0.717) is 0 Å². The van der Waals surface area contributed by atoms with Crippen LogP contribution in [-0.4, -0.2) is 31.8 Å². The molecule has 0 fully saturated rings. The maximum absolute atomic E-state index is 10.3. The molecule has 0 aromatic carbocycles. The van der Waals surface area contributed by atoms with Crippen molar-refractivity contribution in [1.82, 2.24) is 0 Å². The van der Waals surface area contributed by atoms with Gasteiger partial charge in [0.1, 0.15) is 5.37 Å². The molecule has 0 aliphatic rings. The van der Waals surface area contributed by atoms with Gasteiger partial charge in [0.2, 0.25) is 0 Å². The monoisotopic (exact) mass is 139 g/mol. The molecule has 0 amide bonds. The summed E-state index contributed by atoms with van der Waals surface area (Å²) in [5.74, 6) is 0. The van der Waals surface area contributed by atoms with Crippen molar-refractivity contribution in [2.75, 3.05) is 12.9 Å². The molecule has 0 radical (unpaired) electrons. The number of aliphatic hydroxyl groups excluding tert-OH is 1. The topological polar surface area (TPSA) is 80.4 Å². The normalized spacial score (nSPS) is 15.9. The Morgan fingerprint density at radius 3 is 2.12 bits per heavy atom. The second-order valence-electron chi connectivity index (χ2n) is 1.55. The third-order valence-electron chi connectivity index (χ3n) is 0.730. The summed E-state index contributed by atoms with van der Waals surface area (Å²) in [5.41, 5.74) is 4.91. The third kappa shape index (κ3) is 2.25. The summed E-state index contributed by atoms with van der Waals surface area (Å²) >= 11 is 0. The fraction of sp³-hybridized carbons (Fsp3) is 1.00. The first-order valence-corrected chi connectivity index (χ1v) is 3.99. The van der Waals surface area contributed by atoms with Gasteiger partial charge in [-0.25, -0.2) is 8.42 Å². The summed E-state index contributed by atoms with van der Waals surface area (Å²) in [6.45, 7) is -0.515. The molecule has 0 spiro atoms. The molecule has 0 aromatic rings. The first-order valence-electron chi connectivity index (χ1n) is 2.04. The quantitative estimate of drug-likeness (QED) is 0.478. The van der Waals surface area contributed by atoms with E-state index in [0.717, 1.165) is 6.26 Å². The highest BCUT2D eigenvalue weighted by Crippen LogP contribution is 1.86. The molecule has 0 aliphatic carbocycles. The number of hydrogen-bond donors (Lipinski definition) is 2. The van der Waals surface area contributed by atoms with Crippen molar-refractivity contribution < 1.29 is 13.5 Å². The fourth-order valence-electron chi connectivity index (χ4n) is 0.135. The number of sulfone groups is 1. The minimum Gasteiger partial charge on any atom is -0.394 e. The van der Waals surface area contributed by atoms with Gasteiger partial charge in [0, 0.05) is 6.26 Å². The van der Waals surface area contributed by atoms with Gasteiger partial charge < -0.3 is 10.8 Å². The second kappa shape index (κ2) is 2.43. The lowest BCUT2D eigenvalue weighted by Crippen LogP contribution is -2.32. The van der Waals surface area contributed by atoms with Gasteiger partial charge in [0.05, 0.1) is 6.61 Å². The Bertz CT molecular complexity index is 150. The van der Waals surface area contributed by atoms with Gasteiger partial charge in [-0.2, -0.15) is 0 Å². The molecule has 0 heterocycles. The lowest BCUT2D eigenvalue weighted by Gasteiger charge is -2.01. The van der Waals surface area contributed by atoms with E-state index in [2.05, 4.69) is 0 Å². The standard InChI is InChI=1S/C3H9NO3S/c1-8(6,7)3(4)2-5/h3,5H,2,4H2,1H3. The average molecular weight is 139 g/mol. The maximum Gasteiger partial charge on any atom is 0.165 e. The number of aliphatic hydroxyl groups is 1. The van der Waals surface area contributed by atoms with E-state index in [9.17, 15) is 8.42 Å². The molecular weight excluding hydrogens is 130 g/mol. The Labute approximate surface area is 48.2 Å². The summed E-state index contributed by atoms with van der Waals surface area (Å²) in [6, 6.07) is 0. The first kappa shape index (κ1) is 7.87. The molecule has 0 aromatic heterocycles. The Balaban J connectivity index is 4.04. The fourth-order valence-corrected chi connectivity index (χ4v) is 0.406. The predicted octanol–water partition coefficient (Wildman–Crippen LogP) is -1.69. The van der Waals surface area contributed by atoms with Crippen molar-refractivity contribution in [2.24, 2.45) is 5.73 Å². The molecule has 4 nitrogen and oxygen atoms in total. The highest BCUT2D eigenvalue weighted by Gasteiger charge is 2.12. The van der Waals surface area contributed by atoms with Crippen LogP contribution in [0.15, 0.2) is 0 Å². The van der Waals surface area contributed by atoms with Gasteiger partial charge in [-0.05, 0) is 0 Å². The first-order chi connectivity index (χ1) is 3.48. The summed E-state index contributed by atoms with van der Waals surface area (Å²) < 4.78 is 20.6. The second-order valence-corrected chi connectivity index (χ2v) is 3.82. The van der Waals surface area contributed by atoms with Crippen LogP contribution in [0.4, 0.5) is 0 Å². The Morgan fingerprint density at radius 1 is 1.75 bits per heavy atom. The van der Waals surface area contributed by atoms with Crippen LogP contribution in [0, 0.1) is 0 Å².